The molecule has 13 heavy (non-hydrogen) atoms. The Morgan fingerprint density at radius 1 is 1.62 bits per heavy atom. The Bertz CT molecular complexity index is 235. The quantitative estimate of drug-likeness (QED) is 0.702. The number of hydrogen-bond acceptors (Lipinski definition) is 3. The highest BCUT2D eigenvalue weighted by atomic mass is 32.2. The molecule has 0 spiro atoms. The molecule has 0 aliphatic carbocycles. The Morgan fingerprint density at radius 2 is 2.46 bits per heavy atom. The molecule has 0 saturated carbocycles. The Morgan fingerprint density at radius 3 is 3.15 bits per heavy atom. The Labute approximate surface area is 83.9 Å². The Hall–Kier alpha value is -0.480. The molecule has 0 unspecified atom stereocenters. The molecule has 0 bridgehead atoms. The van der Waals surface area contributed by atoms with E-state index in [9.17, 15) is 0 Å². The molecule has 0 fully saturated rings. The number of nitrogens with one attached hydrogen (secondary N) is 1. The molecule has 1 rings (SSSR count). The topological polar surface area (TPSA) is 29.9 Å². The van der Waals surface area contributed by atoms with Crippen LogP contribution < -0.4 is 5.32 Å². The Kier molecular flexibility index (Phi) is 4.93. The summed E-state index contributed by atoms with van der Waals surface area (Å²) in [6.07, 6.45) is 1.86. The minimum Gasteiger partial charge on any atom is -0.314 e. The molecule has 3 nitrogen and oxygen atoms in total. The van der Waals surface area contributed by atoms with E-state index in [1.54, 1.807) is 0 Å². The summed E-state index contributed by atoms with van der Waals surface area (Å²) >= 11 is 1.95. The van der Waals surface area contributed by atoms with Crippen molar-refractivity contribution < 1.29 is 0 Å². The molecule has 0 aliphatic heterocycles. The van der Waals surface area contributed by atoms with Crippen molar-refractivity contribution in [3.05, 3.63) is 18.0 Å². The van der Waals surface area contributed by atoms with Crippen LogP contribution in [0.5, 0.6) is 0 Å². The van der Waals surface area contributed by atoms with Crippen molar-refractivity contribution in [3.63, 3.8) is 0 Å². The van der Waals surface area contributed by atoms with E-state index < -0.39 is 0 Å². The summed E-state index contributed by atoms with van der Waals surface area (Å²) < 4.78 is 2.07. The van der Waals surface area contributed by atoms with Gasteiger partial charge in [0.15, 0.2) is 0 Å². The largest absolute Gasteiger partial charge is 0.314 e. The number of hydrogen-bond donors (Lipinski definition) is 1. The number of nitrogens with zero attached hydrogens (tertiary/aromatic N) is 2. The standard InChI is InChI=1S/C9H17N3S/c1-3-13-7-6-12-9(8-10-2)4-5-11-12/h4-5,10H,3,6-8H2,1-2H3. The van der Waals surface area contributed by atoms with Crippen molar-refractivity contribution in [2.45, 2.75) is 20.0 Å². The van der Waals surface area contributed by atoms with E-state index in [4.69, 9.17) is 0 Å². The Balaban J connectivity index is 2.40. The first-order valence-electron chi connectivity index (χ1n) is 4.61. The van der Waals surface area contributed by atoms with Crippen LogP contribution in [0, 0.1) is 0 Å². The van der Waals surface area contributed by atoms with E-state index >= 15 is 0 Å². The van der Waals surface area contributed by atoms with Gasteiger partial charge in [0.2, 0.25) is 0 Å². The van der Waals surface area contributed by atoms with Crippen LogP contribution in [-0.4, -0.2) is 28.3 Å². The SMILES string of the molecule is CCSCCn1nccc1CNC. The first-order chi connectivity index (χ1) is 6.38. The molecule has 0 aromatic carbocycles. The van der Waals surface area contributed by atoms with Crippen LogP contribution in [-0.2, 0) is 13.1 Å². The summed E-state index contributed by atoms with van der Waals surface area (Å²) in [6.45, 7) is 4.10. The van der Waals surface area contributed by atoms with Gasteiger partial charge in [-0.3, -0.25) is 4.68 Å². The minimum absolute atomic E-state index is 0.900. The highest BCUT2D eigenvalue weighted by molar-refractivity contribution is 7.99. The van der Waals surface area contributed by atoms with Gasteiger partial charge in [0.25, 0.3) is 0 Å². The second-order valence-electron chi connectivity index (χ2n) is 2.77. The van der Waals surface area contributed by atoms with Gasteiger partial charge in [0, 0.05) is 18.5 Å². The number of aryl methyl sites for hydroxylation is 1. The lowest BCUT2D eigenvalue weighted by Gasteiger charge is -2.05. The average Bonchev–Trinajstić information content (AvgIpc) is 2.54. The van der Waals surface area contributed by atoms with Gasteiger partial charge in [-0.2, -0.15) is 16.9 Å². The molecular formula is C9H17N3S. The van der Waals surface area contributed by atoms with E-state index in [0.29, 0.717) is 0 Å². The van der Waals surface area contributed by atoms with Crippen LogP contribution in [0.3, 0.4) is 0 Å². The zero-order chi connectivity index (χ0) is 9.52. The van der Waals surface area contributed by atoms with Gasteiger partial charge in [-0.25, -0.2) is 0 Å². The summed E-state index contributed by atoms with van der Waals surface area (Å²) in [5.41, 5.74) is 1.26. The van der Waals surface area contributed by atoms with Crippen LogP contribution in [0.15, 0.2) is 12.3 Å². The van der Waals surface area contributed by atoms with Gasteiger partial charge >= 0.3 is 0 Å². The second-order valence-corrected chi connectivity index (χ2v) is 4.17. The maximum atomic E-state index is 4.27. The normalized spacial score (nSPS) is 10.6. The molecule has 74 valence electrons. The molecule has 1 N–H and O–H groups in total. The molecule has 0 radical (unpaired) electrons. The predicted molar refractivity (Wildman–Crippen MR) is 58.0 cm³/mol. The molecule has 1 aromatic rings. The first-order valence-corrected chi connectivity index (χ1v) is 5.77. The van der Waals surface area contributed by atoms with Crippen LogP contribution in [0.2, 0.25) is 0 Å². The van der Waals surface area contributed by atoms with Crippen molar-refractivity contribution in [2.75, 3.05) is 18.6 Å². The zero-order valence-electron chi connectivity index (χ0n) is 8.29. The number of aromatic nitrogens is 2. The van der Waals surface area contributed by atoms with Gasteiger partial charge in [0.05, 0.1) is 12.2 Å². The van der Waals surface area contributed by atoms with Crippen molar-refractivity contribution in [3.8, 4) is 0 Å². The molecule has 0 saturated heterocycles. The van der Waals surface area contributed by atoms with Crippen molar-refractivity contribution >= 4 is 11.8 Å². The molecule has 0 aliphatic rings. The summed E-state index contributed by atoms with van der Waals surface area (Å²) in [6, 6.07) is 2.06. The van der Waals surface area contributed by atoms with Crippen molar-refractivity contribution in [2.24, 2.45) is 0 Å². The van der Waals surface area contributed by atoms with Gasteiger partial charge < -0.3 is 5.32 Å². The maximum absolute atomic E-state index is 4.27. The van der Waals surface area contributed by atoms with E-state index in [-0.39, 0.29) is 0 Å². The van der Waals surface area contributed by atoms with E-state index in [1.165, 1.54) is 11.4 Å². The highest BCUT2D eigenvalue weighted by Crippen LogP contribution is 2.03. The molecule has 1 heterocycles. The summed E-state index contributed by atoms with van der Waals surface area (Å²) in [4.78, 5) is 0. The zero-order valence-corrected chi connectivity index (χ0v) is 9.10. The smallest absolute Gasteiger partial charge is 0.0522 e. The first kappa shape index (κ1) is 10.6. The van der Waals surface area contributed by atoms with Crippen LogP contribution in [0.1, 0.15) is 12.6 Å². The molecule has 0 amide bonds. The van der Waals surface area contributed by atoms with Gasteiger partial charge in [-0.05, 0) is 18.9 Å². The van der Waals surface area contributed by atoms with Gasteiger partial charge in [0.1, 0.15) is 0 Å². The van der Waals surface area contributed by atoms with Crippen LogP contribution in [0.25, 0.3) is 0 Å². The van der Waals surface area contributed by atoms with Crippen LogP contribution >= 0.6 is 11.8 Å². The van der Waals surface area contributed by atoms with E-state index in [1.807, 2.05) is 25.0 Å². The fraction of sp³-hybridized carbons (Fsp3) is 0.667. The van der Waals surface area contributed by atoms with Crippen LogP contribution in [0.4, 0.5) is 0 Å². The summed E-state index contributed by atoms with van der Waals surface area (Å²) in [5.74, 6) is 2.33. The summed E-state index contributed by atoms with van der Waals surface area (Å²) in [5, 5.41) is 7.40. The fourth-order valence-electron chi connectivity index (χ4n) is 1.19. The summed E-state index contributed by atoms with van der Waals surface area (Å²) in [7, 11) is 1.96. The third-order valence-electron chi connectivity index (χ3n) is 1.81. The van der Waals surface area contributed by atoms with Gasteiger partial charge in [-0.15, -0.1) is 0 Å². The van der Waals surface area contributed by atoms with Gasteiger partial charge in [-0.1, -0.05) is 6.92 Å². The highest BCUT2D eigenvalue weighted by Gasteiger charge is 1.99. The molecule has 1 aromatic heterocycles. The predicted octanol–water partition coefficient (Wildman–Crippen LogP) is 1.36. The van der Waals surface area contributed by atoms with Crippen molar-refractivity contribution in [1.29, 1.82) is 0 Å². The molecular weight excluding hydrogens is 182 g/mol. The lowest BCUT2D eigenvalue weighted by atomic mass is 10.4. The average molecular weight is 199 g/mol. The second kappa shape index (κ2) is 6.05. The number of rotatable bonds is 6. The lowest BCUT2D eigenvalue weighted by molar-refractivity contribution is 0.608. The maximum Gasteiger partial charge on any atom is 0.0522 e. The third-order valence-corrected chi connectivity index (χ3v) is 2.69. The molecule has 4 heteroatoms. The van der Waals surface area contributed by atoms with Crippen molar-refractivity contribution in [1.82, 2.24) is 15.1 Å². The number of thioether (sulfide) groups is 1. The minimum atomic E-state index is 0.900. The van der Waals surface area contributed by atoms with E-state index in [2.05, 4.69) is 28.1 Å². The lowest BCUT2D eigenvalue weighted by Crippen LogP contribution is -2.13. The fourth-order valence-corrected chi connectivity index (χ4v) is 1.78. The third kappa shape index (κ3) is 3.40. The molecule has 0 atom stereocenters. The van der Waals surface area contributed by atoms with E-state index in [0.717, 1.165) is 18.8 Å². The monoisotopic (exact) mass is 199 g/mol.